The molecule has 2 aromatic rings. The van der Waals surface area contributed by atoms with Crippen molar-refractivity contribution in [2.75, 3.05) is 0 Å². The van der Waals surface area contributed by atoms with Crippen LogP contribution in [-0.4, -0.2) is 5.97 Å². The van der Waals surface area contributed by atoms with E-state index in [1.807, 2.05) is 18.2 Å². The number of hydrogen-bond donors (Lipinski definition) is 0. The van der Waals surface area contributed by atoms with Crippen molar-refractivity contribution in [2.45, 2.75) is 110 Å². The van der Waals surface area contributed by atoms with Gasteiger partial charge in [-0.1, -0.05) is 82.7 Å². The van der Waals surface area contributed by atoms with Crippen molar-refractivity contribution in [3.63, 3.8) is 0 Å². The maximum Gasteiger partial charge on any atom is 0.314 e. The Balaban J connectivity index is 1.47. The molecule has 1 aliphatic rings. The quantitative estimate of drug-likeness (QED) is 0.166. The number of unbranched alkanes of at least 4 members (excludes halogenated alkanes) is 6. The van der Waals surface area contributed by atoms with Crippen LogP contribution >= 0.6 is 0 Å². The van der Waals surface area contributed by atoms with Crippen LogP contribution in [0.2, 0.25) is 0 Å². The van der Waals surface area contributed by atoms with E-state index >= 15 is 0 Å². The second kappa shape index (κ2) is 14.7. The van der Waals surface area contributed by atoms with Gasteiger partial charge in [-0.2, -0.15) is 5.26 Å². The highest BCUT2D eigenvalue weighted by atomic mass is 16.5. The van der Waals surface area contributed by atoms with Gasteiger partial charge in [0.25, 0.3) is 0 Å². The smallest absolute Gasteiger partial charge is 0.314 e. The van der Waals surface area contributed by atoms with Gasteiger partial charge in [0, 0.05) is 0 Å². The van der Waals surface area contributed by atoms with Crippen molar-refractivity contribution in [3.8, 4) is 11.8 Å². The molecule has 3 heteroatoms. The summed E-state index contributed by atoms with van der Waals surface area (Å²) in [6.45, 7) is 4.46. The van der Waals surface area contributed by atoms with Crippen LogP contribution in [0.15, 0.2) is 42.5 Å². The summed E-state index contributed by atoms with van der Waals surface area (Å²) in [5.74, 6) is 0.672. The second-order valence-corrected chi connectivity index (χ2v) is 10.3. The third-order valence-corrected chi connectivity index (χ3v) is 7.52. The molecule has 0 saturated heterocycles. The molecule has 0 aliphatic heterocycles. The molecule has 0 atom stereocenters. The van der Waals surface area contributed by atoms with Gasteiger partial charge in [-0.15, -0.1) is 0 Å². The third-order valence-electron chi connectivity index (χ3n) is 7.52. The Morgan fingerprint density at radius 3 is 2.11 bits per heavy atom. The zero-order valence-electron chi connectivity index (χ0n) is 21.9. The van der Waals surface area contributed by atoms with Crippen molar-refractivity contribution in [1.29, 1.82) is 5.26 Å². The molecule has 0 aromatic heterocycles. The summed E-state index contributed by atoms with van der Waals surface area (Å²) in [4.78, 5) is 12.9. The second-order valence-electron chi connectivity index (χ2n) is 10.3. The Bertz CT molecular complexity index is 949. The van der Waals surface area contributed by atoms with E-state index in [9.17, 15) is 10.1 Å². The van der Waals surface area contributed by atoms with Crippen molar-refractivity contribution < 1.29 is 9.53 Å². The molecule has 0 bridgehead atoms. The van der Waals surface area contributed by atoms with Gasteiger partial charge in [0.2, 0.25) is 0 Å². The molecule has 35 heavy (non-hydrogen) atoms. The molecular weight excluding hydrogens is 430 g/mol. The van der Waals surface area contributed by atoms with Crippen LogP contribution in [0.4, 0.5) is 0 Å². The number of carbonyl (C=O) groups excluding carboxylic acids is 1. The molecule has 0 amide bonds. The lowest BCUT2D eigenvalue weighted by molar-refractivity contribution is -0.140. The largest absolute Gasteiger partial charge is 0.425 e. The Kier molecular flexibility index (Phi) is 11.4. The van der Waals surface area contributed by atoms with Crippen LogP contribution < -0.4 is 4.74 Å². The third kappa shape index (κ3) is 8.53. The standard InChI is InChI=1S/C32H43NO2/c1-3-5-7-8-10-12-26-15-22-31(30(23-26)24-33)35-32(34)29-20-18-28(19-21-29)27-16-13-25(14-17-27)11-9-6-4-2/h13-17,22-23,28-29H,3-12,18-21H2,1-2H3. The summed E-state index contributed by atoms with van der Waals surface area (Å²) in [6.07, 6.45) is 15.8. The summed E-state index contributed by atoms with van der Waals surface area (Å²) in [5, 5.41) is 9.61. The Morgan fingerprint density at radius 2 is 1.43 bits per heavy atom. The molecule has 1 fully saturated rings. The van der Waals surface area contributed by atoms with Crippen LogP contribution in [-0.2, 0) is 17.6 Å². The highest BCUT2D eigenvalue weighted by Crippen LogP contribution is 2.37. The highest BCUT2D eigenvalue weighted by molar-refractivity contribution is 5.76. The monoisotopic (exact) mass is 473 g/mol. The fourth-order valence-corrected chi connectivity index (χ4v) is 5.23. The molecule has 0 spiro atoms. The maximum absolute atomic E-state index is 12.9. The van der Waals surface area contributed by atoms with E-state index in [1.165, 1.54) is 56.1 Å². The average molecular weight is 474 g/mol. The molecule has 0 unspecified atom stereocenters. The molecule has 3 nitrogen and oxygen atoms in total. The number of aryl methyl sites for hydroxylation is 2. The SMILES string of the molecule is CCCCCCCc1ccc(OC(=O)C2CCC(c3ccc(CCCCC)cc3)CC2)c(C#N)c1. The molecule has 0 radical (unpaired) electrons. The van der Waals surface area contributed by atoms with Crippen LogP contribution in [0.3, 0.4) is 0 Å². The number of ether oxygens (including phenoxy) is 1. The Hall–Kier alpha value is -2.60. The first-order valence-corrected chi connectivity index (χ1v) is 14.0. The van der Waals surface area contributed by atoms with E-state index in [0.29, 0.717) is 17.2 Å². The maximum atomic E-state index is 12.9. The minimum absolute atomic E-state index is 0.0793. The lowest BCUT2D eigenvalue weighted by atomic mass is 9.78. The van der Waals surface area contributed by atoms with Crippen molar-refractivity contribution >= 4 is 5.97 Å². The first kappa shape index (κ1) is 27.0. The van der Waals surface area contributed by atoms with E-state index in [1.54, 1.807) is 0 Å². The summed E-state index contributed by atoms with van der Waals surface area (Å²) >= 11 is 0. The average Bonchev–Trinajstić information content (AvgIpc) is 2.90. The van der Waals surface area contributed by atoms with Crippen LogP contribution in [0.5, 0.6) is 5.75 Å². The van der Waals surface area contributed by atoms with E-state index < -0.39 is 0 Å². The first-order valence-electron chi connectivity index (χ1n) is 14.0. The van der Waals surface area contributed by atoms with Crippen LogP contribution in [0.25, 0.3) is 0 Å². The summed E-state index contributed by atoms with van der Waals surface area (Å²) in [6, 6.07) is 17.1. The van der Waals surface area contributed by atoms with Gasteiger partial charge in [0.1, 0.15) is 11.8 Å². The van der Waals surface area contributed by atoms with Gasteiger partial charge in [-0.05, 0) is 86.1 Å². The van der Waals surface area contributed by atoms with Crippen LogP contribution in [0.1, 0.15) is 119 Å². The molecule has 2 aromatic carbocycles. The number of carbonyl (C=O) groups is 1. The number of nitriles is 1. The zero-order chi connectivity index (χ0) is 24.9. The fraction of sp³-hybridized carbons (Fsp3) is 0.562. The van der Waals surface area contributed by atoms with E-state index in [0.717, 1.165) is 50.5 Å². The Labute approximate surface area is 212 Å². The number of rotatable bonds is 13. The Morgan fingerprint density at radius 1 is 0.829 bits per heavy atom. The molecule has 3 rings (SSSR count). The van der Waals surface area contributed by atoms with Crippen molar-refractivity contribution in [2.24, 2.45) is 5.92 Å². The van der Waals surface area contributed by atoms with Gasteiger partial charge in [0.15, 0.2) is 0 Å². The van der Waals surface area contributed by atoms with Crippen molar-refractivity contribution in [1.82, 2.24) is 0 Å². The minimum atomic E-state index is -0.182. The zero-order valence-corrected chi connectivity index (χ0v) is 21.9. The predicted molar refractivity (Wildman–Crippen MR) is 144 cm³/mol. The number of benzene rings is 2. The lowest BCUT2D eigenvalue weighted by Gasteiger charge is -2.27. The number of hydrogen-bond acceptors (Lipinski definition) is 3. The van der Waals surface area contributed by atoms with E-state index in [-0.39, 0.29) is 11.9 Å². The molecule has 188 valence electrons. The molecular formula is C32H43NO2. The van der Waals surface area contributed by atoms with E-state index in [2.05, 4.69) is 44.2 Å². The normalized spacial score (nSPS) is 17.6. The summed E-state index contributed by atoms with van der Waals surface area (Å²) < 4.78 is 5.73. The van der Waals surface area contributed by atoms with Crippen molar-refractivity contribution in [3.05, 3.63) is 64.7 Å². The molecule has 1 saturated carbocycles. The van der Waals surface area contributed by atoms with Gasteiger partial charge in [0.05, 0.1) is 11.5 Å². The lowest BCUT2D eigenvalue weighted by Crippen LogP contribution is -2.25. The number of nitrogens with zero attached hydrogens (tertiary/aromatic N) is 1. The summed E-state index contributed by atoms with van der Waals surface area (Å²) in [7, 11) is 0. The molecule has 1 aliphatic carbocycles. The fourth-order valence-electron chi connectivity index (χ4n) is 5.23. The highest BCUT2D eigenvalue weighted by Gasteiger charge is 2.29. The molecule has 0 heterocycles. The number of esters is 1. The van der Waals surface area contributed by atoms with Gasteiger partial charge >= 0.3 is 5.97 Å². The van der Waals surface area contributed by atoms with E-state index in [4.69, 9.17) is 4.74 Å². The predicted octanol–water partition coefficient (Wildman–Crippen LogP) is 8.68. The minimum Gasteiger partial charge on any atom is -0.425 e. The first-order chi connectivity index (χ1) is 17.1. The molecule has 0 N–H and O–H groups in total. The van der Waals surface area contributed by atoms with Gasteiger partial charge < -0.3 is 4.74 Å². The van der Waals surface area contributed by atoms with Gasteiger partial charge in [-0.25, -0.2) is 0 Å². The van der Waals surface area contributed by atoms with Crippen LogP contribution in [0, 0.1) is 17.2 Å². The topological polar surface area (TPSA) is 50.1 Å². The van der Waals surface area contributed by atoms with Gasteiger partial charge in [-0.3, -0.25) is 4.79 Å². The summed E-state index contributed by atoms with van der Waals surface area (Å²) in [5.41, 5.74) is 4.44.